The zero-order valence-electron chi connectivity index (χ0n) is 11.7. The van der Waals surface area contributed by atoms with E-state index in [0.29, 0.717) is 17.6 Å². The molecule has 0 fully saturated rings. The fraction of sp³-hybridized carbons (Fsp3) is 0.267. The van der Waals surface area contributed by atoms with Gasteiger partial charge in [-0.15, -0.1) is 0 Å². The van der Waals surface area contributed by atoms with E-state index in [2.05, 4.69) is 15.1 Å². The maximum Gasteiger partial charge on any atom is 0.273 e. The summed E-state index contributed by atoms with van der Waals surface area (Å²) in [5.41, 5.74) is 3.15. The van der Waals surface area contributed by atoms with Crippen molar-refractivity contribution in [2.45, 2.75) is 19.9 Å². The van der Waals surface area contributed by atoms with Gasteiger partial charge < -0.3 is 5.11 Å². The number of aliphatic hydroxyl groups is 1. The molecule has 3 aromatic rings. The first kappa shape index (κ1) is 13.5. The van der Waals surface area contributed by atoms with E-state index in [9.17, 15) is 4.79 Å². The molecule has 0 atom stereocenters. The molecule has 0 aromatic carbocycles. The monoisotopic (exact) mass is 284 g/mol. The van der Waals surface area contributed by atoms with Crippen molar-refractivity contribution in [3.63, 3.8) is 0 Å². The number of nitrogens with zero attached hydrogens (tertiary/aromatic N) is 3. The zero-order valence-corrected chi connectivity index (χ0v) is 11.7. The molecule has 0 saturated heterocycles. The average Bonchev–Trinajstić information content (AvgIpc) is 2.83. The highest BCUT2D eigenvalue weighted by Crippen LogP contribution is 2.25. The van der Waals surface area contributed by atoms with Crippen LogP contribution in [0.2, 0.25) is 0 Å². The maximum absolute atomic E-state index is 12.0. The Bertz CT molecular complexity index is 821. The number of fused-ring (bicyclic) bond motifs is 1. The molecule has 0 saturated carbocycles. The van der Waals surface area contributed by atoms with E-state index in [0.717, 1.165) is 23.2 Å². The maximum atomic E-state index is 12.0. The summed E-state index contributed by atoms with van der Waals surface area (Å²) in [7, 11) is 0. The molecule has 2 N–H and O–H groups in total. The highest BCUT2D eigenvalue weighted by molar-refractivity contribution is 5.82. The van der Waals surface area contributed by atoms with Crippen LogP contribution < -0.4 is 5.56 Å². The normalized spacial score (nSPS) is 11.1. The Morgan fingerprint density at radius 1 is 1.43 bits per heavy atom. The quantitative estimate of drug-likeness (QED) is 0.757. The van der Waals surface area contributed by atoms with Crippen LogP contribution in [0.5, 0.6) is 0 Å². The van der Waals surface area contributed by atoms with E-state index in [-0.39, 0.29) is 12.2 Å². The third-order valence-corrected chi connectivity index (χ3v) is 3.45. The lowest BCUT2D eigenvalue weighted by Crippen LogP contribution is -2.08. The van der Waals surface area contributed by atoms with Crippen LogP contribution >= 0.6 is 0 Å². The van der Waals surface area contributed by atoms with E-state index >= 15 is 0 Å². The average molecular weight is 284 g/mol. The second kappa shape index (κ2) is 5.49. The molecule has 0 aliphatic rings. The van der Waals surface area contributed by atoms with E-state index in [1.54, 1.807) is 17.1 Å². The number of aryl methyl sites for hydroxylation is 1. The van der Waals surface area contributed by atoms with Gasteiger partial charge in [0.05, 0.1) is 24.2 Å². The predicted octanol–water partition coefficient (Wildman–Crippen LogP) is 1.34. The van der Waals surface area contributed by atoms with Crippen molar-refractivity contribution in [1.82, 2.24) is 19.7 Å². The number of hydrogen-bond donors (Lipinski definition) is 2. The van der Waals surface area contributed by atoms with Crippen LogP contribution in [0.1, 0.15) is 12.6 Å². The Kier molecular flexibility index (Phi) is 3.53. The van der Waals surface area contributed by atoms with Gasteiger partial charge in [-0.25, -0.2) is 4.98 Å². The van der Waals surface area contributed by atoms with Gasteiger partial charge in [0.25, 0.3) is 5.56 Å². The number of H-pyrrole nitrogens is 1. The van der Waals surface area contributed by atoms with Gasteiger partial charge in [-0.3, -0.25) is 19.6 Å². The van der Waals surface area contributed by atoms with Gasteiger partial charge >= 0.3 is 0 Å². The molecular weight excluding hydrogens is 268 g/mol. The molecule has 0 spiro atoms. The number of rotatable bonds is 4. The molecule has 3 rings (SSSR count). The largest absolute Gasteiger partial charge is 0.394 e. The standard InChI is InChI=1S/C15H16N4O2/c1-2-13-11(10-4-3-5-16-9-10)8-12-14(17-13)19(6-7-20)18-15(12)21/h3-5,8-9,20H,2,6-7H2,1H3,(H,18,21). The molecule has 21 heavy (non-hydrogen) atoms. The molecule has 0 unspecified atom stereocenters. The van der Waals surface area contributed by atoms with Crippen LogP contribution in [0.3, 0.4) is 0 Å². The molecule has 6 heteroatoms. The summed E-state index contributed by atoms with van der Waals surface area (Å²) in [5, 5.41) is 12.3. The van der Waals surface area contributed by atoms with Gasteiger partial charge in [-0.1, -0.05) is 13.0 Å². The van der Waals surface area contributed by atoms with Crippen LogP contribution in [0.4, 0.5) is 0 Å². The summed E-state index contributed by atoms with van der Waals surface area (Å²) < 4.78 is 1.59. The fourth-order valence-corrected chi connectivity index (χ4v) is 2.45. The second-order valence-electron chi connectivity index (χ2n) is 4.77. The number of nitrogens with one attached hydrogen (secondary N) is 1. The van der Waals surface area contributed by atoms with Crippen molar-refractivity contribution in [3.8, 4) is 11.1 Å². The van der Waals surface area contributed by atoms with E-state index < -0.39 is 0 Å². The number of aromatic nitrogens is 4. The number of pyridine rings is 2. The smallest absolute Gasteiger partial charge is 0.273 e. The highest BCUT2D eigenvalue weighted by atomic mass is 16.3. The Morgan fingerprint density at radius 3 is 2.95 bits per heavy atom. The number of aromatic amines is 1. The first-order chi connectivity index (χ1) is 10.2. The van der Waals surface area contributed by atoms with Crippen LogP contribution in [0, 0.1) is 0 Å². The van der Waals surface area contributed by atoms with Gasteiger partial charge in [-0.2, -0.15) is 0 Å². The molecule has 0 aliphatic carbocycles. The third-order valence-electron chi connectivity index (χ3n) is 3.45. The molecule has 0 bridgehead atoms. The van der Waals surface area contributed by atoms with Crippen LogP contribution in [0.25, 0.3) is 22.2 Å². The van der Waals surface area contributed by atoms with Crippen molar-refractivity contribution in [2.24, 2.45) is 0 Å². The van der Waals surface area contributed by atoms with Gasteiger partial charge in [0.1, 0.15) is 0 Å². The minimum absolute atomic E-state index is 0.0484. The summed E-state index contributed by atoms with van der Waals surface area (Å²) in [6, 6.07) is 5.67. The summed E-state index contributed by atoms with van der Waals surface area (Å²) >= 11 is 0. The van der Waals surface area contributed by atoms with Gasteiger partial charge in [0.2, 0.25) is 0 Å². The lowest BCUT2D eigenvalue weighted by molar-refractivity contribution is 0.271. The van der Waals surface area contributed by atoms with Gasteiger partial charge in [0, 0.05) is 23.5 Å². The van der Waals surface area contributed by atoms with E-state index in [4.69, 9.17) is 5.11 Å². The molecule has 3 aromatic heterocycles. The van der Waals surface area contributed by atoms with Gasteiger partial charge in [0.15, 0.2) is 5.65 Å². The van der Waals surface area contributed by atoms with Crippen LogP contribution in [-0.4, -0.2) is 31.5 Å². The Morgan fingerprint density at radius 2 is 2.29 bits per heavy atom. The van der Waals surface area contributed by atoms with Crippen molar-refractivity contribution in [3.05, 3.63) is 46.6 Å². The van der Waals surface area contributed by atoms with Crippen molar-refractivity contribution < 1.29 is 5.11 Å². The van der Waals surface area contributed by atoms with E-state index in [1.165, 1.54) is 0 Å². The molecule has 108 valence electrons. The predicted molar refractivity (Wildman–Crippen MR) is 80.0 cm³/mol. The topological polar surface area (TPSA) is 83.8 Å². The Hall–Kier alpha value is -2.47. The molecule has 0 aliphatic heterocycles. The van der Waals surface area contributed by atoms with Gasteiger partial charge in [-0.05, 0) is 18.6 Å². The zero-order chi connectivity index (χ0) is 14.8. The Labute approximate surface area is 121 Å². The van der Waals surface area contributed by atoms with E-state index in [1.807, 2.05) is 25.1 Å². The number of aliphatic hydroxyl groups excluding tert-OH is 1. The summed E-state index contributed by atoms with van der Waals surface area (Å²) in [6.45, 7) is 2.30. The highest BCUT2D eigenvalue weighted by Gasteiger charge is 2.13. The van der Waals surface area contributed by atoms with Crippen molar-refractivity contribution in [2.75, 3.05) is 6.61 Å². The first-order valence-electron chi connectivity index (χ1n) is 6.88. The minimum Gasteiger partial charge on any atom is -0.394 e. The lowest BCUT2D eigenvalue weighted by atomic mass is 10.0. The minimum atomic E-state index is -0.196. The summed E-state index contributed by atoms with van der Waals surface area (Å²) in [4.78, 5) is 20.8. The summed E-state index contributed by atoms with van der Waals surface area (Å²) in [6.07, 6.45) is 4.23. The SMILES string of the molecule is CCc1nc2c(cc1-c1cccnc1)c(=O)[nH]n2CCO. The van der Waals surface area contributed by atoms with Crippen molar-refractivity contribution in [1.29, 1.82) is 0 Å². The molecule has 3 heterocycles. The second-order valence-corrected chi connectivity index (χ2v) is 4.77. The first-order valence-corrected chi connectivity index (χ1v) is 6.88. The molecule has 0 radical (unpaired) electrons. The van der Waals surface area contributed by atoms with Crippen LogP contribution in [0.15, 0.2) is 35.4 Å². The molecule has 6 nitrogen and oxygen atoms in total. The third kappa shape index (κ3) is 2.34. The fourth-order valence-electron chi connectivity index (χ4n) is 2.45. The van der Waals surface area contributed by atoms with Crippen LogP contribution in [-0.2, 0) is 13.0 Å². The molecular formula is C15H16N4O2. The lowest BCUT2D eigenvalue weighted by Gasteiger charge is -2.08. The summed E-state index contributed by atoms with van der Waals surface area (Å²) in [5.74, 6) is 0. The molecule has 0 amide bonds. The number of hydrogen-bond acceptors (Lipinski definition) is 4. The Balaban J connectivity index is 2.27. The van der Waals surface area contributed by atoms with Crippen molar-refractivity contribution >= 4 is 11.0 Å².